The second-order valence-electron chi connectivity index (χ2n) is 8.19. The Labute approximate surface area is 164 Å². The van der Waals surface area contributed by atoms with Crippen molar-refractivity contribution in [2.24, 2.45) is 0 Å². The first kappa shape index (κ1) is 20.1. The molecule has 4 nitrogen and oxygen atoms in total. The Morgan fingerprint density at radius 3 is 2.96 bits per heavy atom. The first-order valence-corrected chi connectivity index (χ1v) is 10.5. The number of hydrogen-bond donors (Lipinski definition) is 1. The Morgan fingerprint density at radius 2 is 2.22 bits per heavy atom. The summed E-state index contributed by atoms with van der Waals surface area (Å²) in [6.07, 6.45) is 8.97. The third-order valence-electron chi connectivity index (χ3n) is 6.35. The second-order valence-corrected chi connectivity index (χ2v) is 8.19. The molecule has 0 spiro atoms. The van der Waals surface area contributed by atoms with E-state index in [9.17, 15) is 4.79 Å². The molecule has 4 heteroatoms. The maximum absolute atomic E-state index is 10.8. The molecule has 1 aromatic carbocycles. The number of benzene rings is 1. The lowest BCUT2D eigenvalue weighted by Gasteiger charge is -2.32. The van der Waals surface area contributed by atoms with Gasteiger partial charge in [-0.25, -0.2) is 0 Å². The molecule has 1 fully saturated rings. The molecule has 0 amide bonds. The molecule has 3 rings (SSSR count). The van der Waals surface area contributed by atoms with Crippen LogP contribution in [0.1, 0.15) is 55.2 Å². The molecule has 0 aliphatic carbocycles. The molecule has 1 saturated heterocycles. The van der Waals surface area contributed by atoms with Gasteiger partial charge in [-0.15, -0.1) is 0 Å². The highest BCUT2D eigenvalue weighted by Crippen LogP contribution is 2.35. The molecular formula is C23H35N3O. The predicted molar refractivity (Wildman–Crippen MR) is 113 cm³/mol. The van der Waals surface area contributed by atoms with E-state index in [4.69, 9.17) is 0 Å². The van der Waals surface area contributed by atoms with E-state index in [-0.39, 0.29) is 0 Å². The van der Waals surface area contributed by atoms with E-state index < -0.39 is 0 Å². The van der Waals surface area contributed by atoms with Gasteiger partial charge in [0.1, 0.15) is 6.29 Å². The monoisotopic (exact) mass is 369 g/mol. The summed E-state index contributed by atoms with van der Waals surface area (Å²) in [7, 11) is 4.25. The Balaban J connectivity index is 1.64. The number of aryl methyl sites for hydroxylation is 1. The van der Waals surface area contributed by atoms with Crippen molar-refractivity contribution in [1.29, 1.82) is 0 Å². The van der Waals surface area contributed by atoms with Crippen LogP contribution in [-0.2, 0) is 17.8 Å². The highest BCUT2D eigenvalue weighted by atomic mass is 16.1. The van der Waals surface area contributed by atoms with Crippen molar-refractivity contribution in [3.8, 4) is 0 Å². The van der Waals surface area contributed by atoms with Gasteiger partial charge in [-0.05, 0) is 63.9 Å². The minimum Gasteiger partial charge on any atom is -0.363 e. The Morgan fingerprint density at radius 1 is 1.37 bits per heavy atom. The Hall–Kier alpha value is -1.65. The fourth-order valence-corrected chi connectivity index (χ4v) is 4.70. The molecule has 2 atom stereocenters. The van der Waals surface area contributed by atoms with Crippen LogP contribution in [0.3, 0.4) is 0 Å². The van der Waals surface area contributed by atoms with Gasteiger partial charge >= 0.3 is 0 Å². The maximum atomic E-state index is 10.8. The standard InChI is InChI=1S/C23H35N3O/c1-18-23-12-10-19(9-11-21-7-4-5-13-25(21)3)15-20(23)17-26(18)22(16-24-2)8-6-14-27/h10,12,14-15,21-22,24H,1,4-9,11,13,16-17H2,2-3H3. The molecule has 2 heterocycles. The normalized spacial score (nSPS) is 21.3. The highest BCUT2D eigenvalue weighted by molar-refractivity contribution is 5.69. The lowest BCUT2D eigenvalue weighted by molar-refractivity contribution is -0.108. The number of rotatable bonds is 9. The molecule has 27 heavy (non-hydrogen) atoms. The van der Waals surface area contributed by atoms with Crippen LogP contribution in [0.4, 0.5) is 0 Å². The van der Waals surface area contributed by atoms with Crippen LogP contribution in [0.2, 0.25) is 0 Å². The number of aldehydes is 1. The molecule has 2 aliphatic rings. The largest absolute Gasteiger partial charge is 0.363 e. The van der Waals surface area contributed by atoms with Crippen LogP contribution in [0.15, 0.2) is 24.8 Å². The van der Waals surface area contributed by atoms with E-state index in [0.717, 1.165) is 44.0 Å². The van der Waals surface area contributed by atoms with Gasteiger partial charge in [-0.1, -0.05) is 31.2 Å². The van der Waals surface area contributed by atoms with Gasteiger partial charge in [-0.2, -0.15) is 0 Å². The molecule has 1 aromatic rings. The van der Waals surface area contributed by atoms with Crippen LogP contribution in [-0.4, -0.2) is 55.4 Å². The summed E-state index contributed by atoms with van der Waals surface area (Å²) in [6.45, 7) is 7.39. The average Bonchev–Trinajstić information content (AvgIpc) is 3.00. The van der Waals surface area contributed by atoms with Crippen molar-refractivity contribution in [2.75, 3.05) is 27.2 Å². The molecule has 148 valence electrons. The molecule has 2 unspecified atom stereocenters. The van der Waals surface area contributed by atoms with Crippen molar-refractivity contribution < 1.29 is 4.79 Å². The van der Waals surface area contributed by atoms with Crippen molar-refractivity contribution in [3.63, 3.8) is 0 Å². The Bertz CT molecular complexity index is 657. The highest BCUT2D eigenvalue weighted by Gasteiger charge is 2.28. The van der Waals surface area contributed by atoms with Crippen molar-refractivity contribution in [3.05, 3.63) is 41.5 Å². The summed E-state index contributed by atoms with van der Waals surface area (Å²) in [5.41, 5.74) is 5.22. The second kappa shape index (κ2) is 9.52. The zero-order valence-corrected chi connectivity index (χ0v) is 17.0. The third kappa shape index (κ3) is 4.80. The number of likely N-dealkylation sites (tertiary alicyclic amines) is 1. The summed E-state index contributed by atoms with van der Waals surface area (Å²) in [5, 5.41) is 3.27. The third-order valence-corrected chi connectivity index (χ3v) is 6.35. The molecule has 2 aliphatic heterocycles. The van der Waals surface area contributed by atoms with Crippen LogP contribution in [0.25, 0.3) is 5.70 Å². The number of likely N-dealkylation sites (N-methyl/N-ethyl adjacent to an activating group) is 1. The lowest BCUT2D eigenvalue weighted by atomic mass is 9.95. The van der Waals surface area contributed by atoms with Gasteiger partial charge in [0.15, 0.2) is 0 Å². The maximum Gasteiger partial charge on any atom is 0.120 e. The summed E-state index contributed by atoms with van der Waals surface area (Å²) in [6, 6.07) is 7.99. The number of carbonyl (C=O) groups excluding carboxylic acids is 1. The predicted octanol–water partition coefficient (Wildman–Crippen LogP) is 3.46. The van der Waals surface area contributed by atoms with Crippen LogP contribution in [0, 0.1) is 0 Å². The van der Waals surface area contributed by atoms with Gasteiger partial charge in [0.25, 0.3) is 0 Å². The van der Waals surface area contributed by atoms with Gasteiger partial charge in [0.05, 0.1) is 0 Å². The number of nitrogens with one attached hydrogen (secondary N) is 1. The number of carbonyl (C=O) groups is 1. The minimum atomic E-state index is 0.319. The van der Waals surface area contributed by atoms with E-state index in [2.05, 4.69) is 46.9 Å². The zero-order valence-electron chi connectivity index (χ0n) is 17.0. The van der Waals surface area contributed by atoms with Gasteiger partial charge in [0.2, 0.25) is 0 Å². The lowest BCUT2D eigenvalue weighted by Crippen LogP contribution is -2.37. The smallest absolute Gasteiger partial charge is 0.120 e. The topological polar surface area (TPSA) is 35.6 Å². The van der Waals surface area contributed by atoms with Crippen LogP contribution in [0.5, 0.6) is 0 Å². The molecule has 0 aromatic heterocycles. The van der Waals surface area contributed by atoms with Crippen LogP contribution >= 0.6 is 0 Å². The summed E-state index contributed by atoms with van der Waals surface area (Å²) in [5.74, 6) is 0. The summed E-state index contributed by atoms with van der Waals surface area (Å²) >= 11 is 0. The number of piperidine rings is 1. The van der Waals surface area contributed by atoms with E-state index in [1.807, 2.05) is 7.05 Å². The first-order valence-electron chi connectivity index (χ1n) is 10.5. The SMILES string of the molecule is C=C1c2ccc(CCC3CCCCN3C)cc2CN1C(CCC=O)CNC. The number of fused-ring (bicyclic) bond motifs is 1. The Kier molecular flexibility index (Phi) is 7.08. The van der Waals surface area contributed by atoms with Crippen LogP contribution < -0.4 is 5.32 Å². The van der Waals surface area contributed by atoms with Gasteiger partial charge in [-0.3, -0.25) is 0 Å². The van der Waals surface area contributed by atoms with E-state index >= 15 is 0 Å². The van der Waals surface area contributed by atoms with Crippen molar-refractivity contribution in [2.45, 2.75) is 63.6 Å². The van der Waals surface area contributed by atoms with E-state index in [1.54, 1.807) is 0 Å². The quantitative estimate of drug-likeness (QED) is 0.676. The minimum absolute atomic E-state index is 0.319. The van der Waals surface area contributed by atoms with E-state index in [1.165, 1.54) is 48.9 Å². The first-order chi connectivity index (χ1) is 13.1. The zero-order chi connectivity index (χ0) is 19.2. The van der Waals surface area contributed by atoms with Gasteiger partial charge in [0, 0.05) is 42.9 Å². The fourth-order valence-electron chi connectivity index (χ4n) is 4.70. The van der Waals surface area contributed by atoms with Crippen molar-refractivity contribution >= 4 is 12.0 Å². The fraction of sp³-hybridized carbons (Fsp3) is 0.609. The average molecular weight is 370 g/mol. The molecule has 0 radical (unpaired) electrons. The molecule has 0 saturated carbocycles. The summed E-state index contributed by atoms with van der Waals surface area (Å²) < 4.78 is 0. The van der Waals surface area contributed by atoms with E-state index in [0.29, 0.717) is 12.5 Å². The number of nitrogens with zero attached hydrogens (tertiary/aromatic N) is 2. The summed E-state index contributed by atoms with van der Waals surface area (Å²) in [4.78, 5) is 15.7. The number of hydrogen-bond acceptors (Lipinski definition) is 4. The molecule has 0 bridgehead atoms. The molecule has 1 N–H and O–H groups in total. The van der Waals surface area contributed by atoms with Gasteiger partial charge < -0.3 is 19.9 Å². The van der Waals surface area contributed by atoms with Crippen molar-refractivity contribution in [1.82, 2.24) is 15.1 Å². The molecular weight excluding hydrogens is 334 g/mol.